The minimum Gasteiger partial charge on any atom is -0.388 e. The van der Waals surface area contributed by atoms with E-state index < -0.39 is 5.60 Å². The second-order valence-electron chi connectivity index (χ2n) is 3.25. The molecule has 1 aliphatic heterocycles. The molecule has 0 amide bonds. The molecule has 66 valence electrons. The van der Waals surface area contributed by atoms with Crippen molar-refractivity contribution in [3.8, 4) is 0 Å². The molecule has 1 aromatic rings. The smallest absolute Gasteiger partial charge is 0.0897 e. The van der Waals surface area contributed by atoms with Gasteiger partial charge in [0.1, 0.15) is 0 Å². The molecule has 0 aromatic carbocycles. The fraction of sp³-hybridized carbons (Fsp3) is 0.625. The van der Waals surface area contributed by atoms with Crippen molar-refractivity contribution in [3.63, 3.8) is 0 Å². The summed E-state index contributed by atoms with van der Waals surface area (Å²) in [6, 6.07) is 0. The van der Waals surface area contributed by atoms with Gasteiger partial charge in [0.25, 0.3) is 0 Å². The molecular weight excluding hydrogens is 190 g/mol. The van der Waals surface area contributed by atoms with Crippen LogP contribution in [0.25, 0.3) is 0 Å². The molecule has 2 heterocycles. The van der Waals surface area contributed by atoms with Gasteiger partial charge in [0.2, 0.25) is 0 Å². The van der Waals surface area contributed by atoms with E-state index in [1.165, 1.54) is 0 Å². The summed E-state index contributed by atoms with van der Waals surface area (Å²) in [6.45, 7) is 1.99. The molecule has 2 nitrogen and oxygen atoms in total. The van der Waals surface area contributed by atoms with E-state index in [1.807, 2.05) is 12.3 Å². The lowest BCUT2D eigenvalue weighted by molar-refractivity contribution is 0.0784. The second-order valence-corrected chi connectivity index (χ2v) is 5.30. The summed E-state index contributed by atoms with van der Waals surface area (Å²) in [6.07, 6.45) is 0.727. The average molecular weight is 201 g/mol. The van der Waals surface area contributed by atoms with E-state index in [0.29, 0.717) is 0 Å². The van der Waals surface area contributed by atoms with Gasteiger partial charge in [-0.1, -0.05) is 0 Å². The predicted octanol–water partition coefficient (Wildman–Crippen LogP) is 1.47. The third kappa shape index (κ3) is 1.65. The van der Waals surface area contributed by atoms with Crippen molar-refractivity contribution < 1.29 is 5.11 Å². The first-order valence-electron chi connectivity index (χ1n) is 3.89. The first kappa shape index (κ1) is 8.53. The lowest BCUT2D eigenvalue weighted by atomic mass is 10.0. The normalized spacial score (nSPS) is 20.5. The van der Waals surface area contributed by atoms with Gasteiger partial charge in [0.05, 0.1) is 16.3 Å². The van der Waals surface area contributed by atoms with Gasteiger partial charge in [-0.2, -0.15) is 11.8 Å². The zero-order chi connectivity index (χ0) is 8.60. The highest BCUT2D eigenvalue weighted by Crippen LogP contribution is 2.32. The molecule has 1 N–H and O–H groups in total. The molecular formula is C8H11NOS2. The molecule has 4 heteroatoms. The van der Waals surface area contributed by atoms with Gasteiger partial charge in [-0.3, -0.25) is 0 Å². The fourth-order valence-electron chi connectivity index (χ4n) is 1.27. The van der Waals surface area contributed by atoms with Crippen LogP contribution in [-0.2, 0) is 6.42 Å². The Morgan fingerprint density at radius 2 is 2.42 bits per heavy atom. The Labute approximate surface area is 80.0 Å². The highest BCUT2D eigenvalue weighted by atomic mass is 32.2. The van der Waals surface area contributed by atoms with E-state index >= 15 is 0 Å². The van der Waals surface area contributed by atoms with Gasteiger partial charge in [-0.05, 0) is 6.92 Å². The van der Waals surface area contributed by atoms with Crippen LogP contribution in [0.5, 0.6) is 0 Å². The maximum atomic E-state index is 9.82. The Hall–Kier alpha value is -0.0600. The molecule has 1 saturated heterocycles. The monoisotopic (exact) mass is 201 g/mol. The van der Waals surface area contributed by atoms with Crippen molar-refractivity contribution in [3.05, 3.63) is 16.1 Å². The summed E-state index contributed by atoms with van der Waals surface area (Å²) in [7, 11) is 0. The quantitative estimate of drug-likeness (QED) is 0.786. The molecule has 0 atom stereocenters. The number of nitrogens with zero attached hydrogens (tertiary/aromatic N) is 1. The van der Waals surface area contributed by atoms with Gasteiger partial charge in [-0.25, -0.2) is 4.98 Å². The molecule has 1 fully saturated rings. The second kappa shape index (κ2) is 3.01. The minimum atomic E-state index is -0.453. The number of aliphatic hydroxyl groups is 1. The van der Waals surface area contributed by atoms with Gasteiger partial charge in [0, 0.05) is 23.3 Å². The van der Waals surface area contributed by atoms with Gasteiger partial charge < -0.3 is 5.11 Å². The van der Waals surface area contributed by atoms with Crippen LogP contribution in [0.4, 0.5) is 0 Å². The maximum absolute atomic E-state index is 9.82. The number of hydrogen-bond acceptors (Lipinski definition) is 4. The Morgan fingerprint density at radius 3 is 2.83 bits per heavy atom. The summed E-state index contributed by atoms with van der Waals surface area (Å²) < 4.78 is 0. The minimum absolute atomic E-state index is 0.453. The fourth-order valence-corrected chi connectivity index (χ4v) is 2.76. The predicted molar refractivity (Wildman–Crippen MR) is 52.8 cm³/mol. The molecule has 0 aliphatic carbocycles. The SMILES string of the molecule is Cc1nc(CC2(O)CSC2)cs1. The number of thioether (sulfide) groups is 1. The number of thiazole rings is 1. The number of hydrogen-bond donors (Lipinski definition) is 1. The van der Waals surface area contributed by atoms with Crippen LogP contribution in [0.15, 0.2) is 5.38 Å². The lowest BCUT2D eigenvalue weighted by Gasteiger charge is -2.35. The van der Waals surface area contributed by atoms with Crippen LogP contribution >= 0.6 is 23.1 Å². The molecule has 0 spiro atoms. The largest absolute Gasteiger partial charge is 0.388 e. The van der Waals surface area contributed by atoms with E-state index in [0.717, 1.165) is 28.6 Å². The average Bonchev–Trinajstić information content (AvgIpc) is 2.32. The van der Waals surface area contributed by atoms with Gasteiger partial charge >= 0.3 is 0 Å². The number of rotatable bonds is 2. The summed E-state index contributed by atoms with van der Waals surface area (Å²) in [5.74, 6) is 1.73. The highest BCUT2D eigenvalue weighted by Gasteiger charge is 2.35. The first-order valence-corrected chi connectivity index (χ1v) is 5.93. The molecule has 2 rings (SSSR count). The van der Waals surface area contributed by atoms with Crippen LogP contribution in [0, 0.1) is 6.92 Å². The van der Waals surface area contributed by atoms with Crippen molar-refractivity contribution in [1.82, 2.24) is 4.98 Å². The van der Waals surface area contributed by atoms with Crippen LogP contribution in [-0.4, -0.2) is 27.2 Å². The third-order valence-electron chi connectivity index (χ3n) is 1.92. The number of aryl methyl sites for hydroxylation is 1. The molecule has 1 aliphatic rings. The van der Waals surface area contributed by atoms with Gasteiger partial charge in [0.15, 0.2) is 0 Å². The Bertz CT molecular complexity index is 280. The molecule has 0 unspecified atom stereocenters. The van der Waals surface area contributed by atoms with Crippen molar-refractivity contribution in [2.24, 2.45) is 0 Å². The molecule has 0 bridgehead atoms. The first-order chi connectivity index (χ1) is 5.68. The van der Waals surface area contributed by atoms with Crippen molar-refractivity contribution in [2.45, 2.75) is 18.9 Å². The van der Waals surface area contributed by atoms with Gasteiger partial charge in [-0.15, -0.1) is 11.3 Å². The van der Waals surface area contributed by atoms with Crippen molar-refractivity contribution in [1.29, 1.82) is 0 Å². The molecule has 12 heavy (non-hydrogen) atoms. The Morgan fingerprint density at radius 1 is 1.67 bits per heavy atom. The standard InChI is InChI=1S/C8H11NOS2/c1-6-9-7(3-12-6)2-8(10)4-11-5-8/h3,10H,2,4-5H2,1H3. The van der Waals surface area contributed by atoms with E-state index in [9.17, 15) is 5.11 Å². The van der Waals surface area contributed by atoms with E-state index in [2.05, 4.69) is 4.98 Å². The molecule has 1 aromatic heterocycles. The third-order valence-corrected chi connectivity index (χ3v) is 4.22. The zero-order valence-corrected chi connectivity index (χ0v) is 8.54. The summed E-state index contributed by atoms with van der Waals surface area (Å²) in [5.41, 5.74) is 0.589. The van der Waals surface area contributed by atoms with Crippen LogP contribution < -0.4 is 0 Å². The van der Waals surface area contributed by atoms with E-state index in [1.54, 1.807) is 23.1 Å². The van der Waals surface area contributed by atoms with E-state index in [4.69, 9.17) is 0 Å². The Kier molecular flexibility index (Phi) is 2.14. The van der Waals surface area contributed by atoms with E-state index in [-0.39, 0.29) is 0 Å². The Balaban J connectivity index is 2.03. The van der Waals surface area contributed by atoms with Crippen molar-refractivity contribution in [2.75, 3.05) is 11.5 Å². The summed E-state index contributed by atoms with van der Waals surface area (Å²) in [5, 5.41) is 12.9. The van der Waals surface area contributed by atoms with Crippen LogP contribution in [0.1, 0.15) is 10.7 Å². The zero-order valence-electron chi connectivity index (χ0n) is 6.91. The summed E-state index contributed by atoms with van der Waals surface area (Å²) in [4.78, 5) is 4.33. The lowest BCUT2D eigenvalue weighted by Crippen LogP contribution is -2.45. The van der Waals surface area contributed by atoms with Crippen molar-refractivity contribution >= 4 is 23.1 Å². The summed E-state index contributed by atoms with van der Waals surface area (Å²) >= 11 is 3.45. The highest BCUT2D eigenvalue weighted by molar-refractivity contribution is 8.00. The number of aromatic nitrogens is 1. The molecule has 0 saturated carbocycles. The van der Waals surface area contributed by atoms with Crippen LogP contribution in [0.3, 0.4) is 0 Å². The molecule has 0 radical (unpaired) electrons. The topological polar surface area (TPSA) is 33.1 Å². The van der Waals surface area contributed by atoms with Crippen LogP contribution in [0.2, 0.25) is 0 Å². The maximum Gasteiger partial charge on any atom is 0.0897 e.